The number of halogens is 1. The summed E-state index contributed by atoms with van der Waals surface area (Å²) in [5.74, 6) is 0.111. The maximum atomic E-state index is 14.1. The number of benzene rings is 1. The number of Topliss-reactive ketones (excluding diaryl/α,β-unsaturated/α-hetero) is 1. The lowest BCUT2D eigenvalue weighted by molar-refractivity contribution is -0.123. The fraction of sp³-hybridized carbons (Fsp3) is 0.462. The lowest BCUT2D eigenvalue weighted by Crippen LogP contribution is -2.37. The van der Waals surface area contributed by atoms with Crippen LogP contribution in [0.5, 0.6) is 0 Å². The van der Waals surface area contributed by atoms with E-state index in [9.17, 15) is 9.18 Å². The molecule has 2 aliphatic rings. The SMILES string of the molecule is O=C1CCCC12c1ccccc1CC2F. The second kappa shape index (κ2) is 2.91. The topological polar surface area (TPSA) is 17.1 Å². The largest absolute Gasteiger partial charge is 0.299 e. The van der Waals surface area contributed by atoms with Gasteiger partial charge in [-0.2, -0.15) is 0 Å². The third kappa shape index (κ3) is 0.996. The Hall–Kier alpha value is -1.18. The monoisotopic (exact) mass is 204 g/mol. The van der Waals surface area contributed by atoms with E-state index >= 15 is 0 Å². The Morgan fingerprint density at radius 3 is 2.87 bits per heavy atom. The lowest BCUT2D eigenvalue weighted by Gasteiger charge is -2.25. The molecule has 2 atom stereocenters. The molecule has 0 aromatic heterocycles. The molecular weight excluding hydrogens is 191 g/mol. The van der Waals surface area contributed by atoms with Crippen molar-refractivity contribution in [2.24, 2.45) is 0 Å². The van der Waals surface area contributed by atoms with Crippen LogP contribution in [-0.2, 0) is 16.6 Å². The van der Waals surface area contributed by atoms with Gasteiger partial charge in [0.2, 0.25) is 0 Å². The van der Waals surface area contributed by atoms with Crippen molar-refractivity contribution >= 4 is 5.78 Å². The fourth-order valence-corrected chi connectivity index (χ4v) is 3.18. The van der Waals surface area contributed by atoms with E-state index in [0.717, 1.165) is 17.5 Å². The van der Waals surface area contributed by atoms with Crippen molar-refractivity contribution in [1.29, 1.82) is 0 Å². The Kier molecular flexibility index (Phi) is 1.76. The number of carbonyl (C=O) groups is 1. The Bertz CT molecular complexity index is 426. The predicted molar refractivity (Wildman–Crippen MR) is 55.6 cm³/mol. The van der Waals surface area contributed by atoms with Gasteiger partial charge in [0.1, 0.15) is 12.0 Å². The summed E-state index contributed by atoms with van der Waals surface area (Å²) in [7, 11) is 0. The molecule has 0 amide bonds. The molecule has 15 heavy (non-hydrogen) atoms. The van der Waals surface area contributed by atoms with Crippen molar-refractivity contribution in [2.75, 3.05) is 0 Å². The van der Waals surface area contributed by atoms with Crippen LogP contribution < -0.4 is 0 Å². The Balaban J connectivity index is 2.21. The van der Waals surface area contributed by atoms with Crippen molar-refractivity contribution in [1.82, 2.24) is 0 Å². The standard InChI is InChI=1S/C13H13FO/c14-11-8-9-4-1-2-5-10(9)13(11)7-3-6-12(13)15/h1-2,4-5,11H,3,6-8H2. The molecule has 2 heteroatoms. The normalized spacial score (nSPS) is 33.7. The van der Waals surface area contributed by atoms with Gasteiger partial charge in [-0.15, -0.1) is 0 Å². The van der Waals surface area contributed by atoms with Gasteiger partial charge in [0.15, 0.2) is 0 Å². The summed E-state index contributed by atoms with van der Waals surface area (Å²) >= 11 is 0. The Morgan fingerprint density at radius 1 is 1.33 bits per heavy atom. The average molecular weight is 204 g/mol. The summed E-state index contributed by atoms with van der Waals surface area (Å²) in [6, 6.07) is 7.70. The quantitative estimate of drug-likeness (QED) is 0.634. The zero-order valence-electron chi connectivity index (χ0n) is 8.50. The van der Waals surface area contributed by atoms with Crippen molar-refractivity contribution in [3.05, 3.63) is 35.4 Å². The van der Waals surface area contributed by atoms with Gasteiger partial charge in [0.25, 0.3) is 0 Å². The minimum Gasteiger partial charge on any atom is -0.299 e. The average Bonchev–Trinajstić information content (AvgIpc) is 2.74. The van der Waals surface area contributed by atoms with Crippen molar-refractivity contribution in [3.8, 4) is 0 Å². The molecule has 1 aromatic carbocycles. The van der Waals surface area contributed by atoms with Crippen LogP contribution in [0.1, 0.15) is 30.4 Å². The minimum absolute atomic E-state index is 0.111. The summed E-state index contributed by atoms with van der Waals surface area (Å²) in [4.78, 5) is 11.9. The number of carbonyl (C=O) groups excluding carboxylic acids is 1. The van der Waals surface area contributed by atoms with Crippen molar-refractivity contribution in [2.45, 2.75) is 37.3 Å². The first-order valence-electron chi connectivity index (χ1n) is 5.51. The van der Waals surface area contributed by atoms with Gasteiger partial charge >= 0.3 is 0 Å². The van der Waals surface area contributed by atoms with Crippen molar-refractivity contribution in [3.63, 3.8) is 0 Å². The number of hydrogen-bond acceptors (Lipinski definition) is 1. The molecule has 78 valence electrons. The molecule has 0 N–H and O–H groups in total. The summed E-state index contributed by atoms with van der Waals surface area (Å²) in [6.45, 7) is 0. The van der Waals surface area contributed by atoms with Crippen LogP contribution in [0.2, 0.25) is 0 Å². The third-order valence-corrected chi connectivity index (χ3v) is 3.90. The summed E-state index contributed by atoms with van der Waals surface area (Å²) < 4.78 is 14.1. The molecule has 0 saturated heterocycles. The van der Waals surface area contributed by atoms with E-state index in [0.29, 0.717) is 19.3 Å². The Labute approximate surface area is 88.3 Å². The van der Waals surface area contributed by atoms with Crippen LogP contribution in [0, 0.1) is 0 Å². The molecule has 1 nitrogen and oxygen atoms in total. The molecule has 1 aromatic rings. The molecule has 2 unspecified atom stereocenters. The van der Waals surface area contributed by atoms with Crippen LogP contribution in [0.25, 0.3) is 0 Å². The van der Waals surface area contributed by atoms with Crippen molar-refractivity contribution < 1.29 is 9.18 Å². The Morgan fingerprint density at radius 2 is 2.13 bits per heavy atom. The summed E-state index contributed by atoms with van der Waals surface area (Å²) in [6.07, 6.45) is 1.51. The zero-order chi connectivity index (χ0) is 10.5. The van der Waals surface area contributed by atoms with Gasteiger partial charge in [-0.1, -0.05) is 24.3 Å². The second-order valence-electron chi connectivity index (χ2n) is 4.58. The number of hydrogen-bond donors (Lipinski definition) is 0. The number of ketones is 1. The number of rotatable bonds is 0. The molecule has 1 spiro atoms. The van der Waals surface area contributed by atoms with E-state index in [2.05, 4.69) is 0 Å². The first-order chi connectivity index (χ1) is 7.25. The van der Waals surface area contributed by atoms with E-state index in [1.54, 1.807) is 0 Å². The molecule has 0 heterocycles. The molecule has 2 aliphatic carbocycles. The second-order valence-corrected chi connectivity index (χ2v) is 4.58. The highest BCUT2D eigenvalue weighted by atomic mass is 19.1. The smallest absolute Gasteiger partial charge is 0.146 e. The highest BCUT2D eigenvalue weighted by molar-refractivity contribution is 5.94. The molecule has 0 aliphatic heterocycles. The highest BCUT2D eigenvalue weighted by Gasteiger charge is 2.54. The minimum atomic E-state index is -0.995. The summed E-state index contributed by atoms with van der Waals surface area (Å²) in [5.41, 5.74) is 1.22. The highest BCUT2D eigenvalue weighted by Crippen LogP contribution is 2.49. The fourth-order valence-electron chi connectivity index (χ4n) is 3.18. The molecule has 0 bridgehead atoms. The molecule has 0 radical (unpaired) electrons. The maximum absolute atomic E-state index is 14.1. The zero-order valence-corrected chi connectivity index (χ0v) is 8.50. The molecular formula is C13H13FO. The predicted octanol–water partition coefficient (Wildman–Crippen LogP) is 2.57. The van der Waals surface area contributed by atoms with Crippen LogP contribution in [-0.4, -0.2) is 12.0 Å². The van der Waals surface area contributed by atoms with Crippen LogP contribution in [0.15, 0.2) is 24.3 Å². The summed E-state index contributed by atoms with van der Waals surface area (Å²) in [5, 5.41) is 0. The van der Waals surface area contributed by atoms with E-state index in [1.807, 2.05) is 24.3 Å². The van der Waals surface area contributed by atoms with Crippen LogP contribution in [0.3, 0.4) is 0 Å². The van der Waals surface area contributed by atoms with Crippen LogP contribution >= 0.6 is 0 Å². The van der Waals surface area contributed by atoms with Gasteiger partial charge in [0, 0.05) is 12.8 Å². The molecule has 3 rings (SSSR count). The van der Waals surface area contributed by atoms with E-state index in [1.165, 1.54) is 0 Å². The molecule has 1 fully saturated rings. The molecule has 1 saturated carbocycles. The first kappa shape index (κ1) is 9.08. The maximum Gasteiger partial charge on any atom is 0.146 e. The van der Waals surface area contributed by atoms with Gasteiger partial charge < -0.3 is 0 Å². The lowest BCUT2D eigenvalue weighted by atomic mass is 9.78. The third-order valence-electron chi connectivity index (χ3n) is 3.90. The van der Waals surface area contributed by atoms with E-state index in [4.69, 9.17) is 0 Å². The van der Waals surface area contributed by atoms with Gasteiger partial charge in [-0.3, -0.25) is 4.79 Å². The van der Waals surface area contributed by atoms with E-state index < -0.39 is 11.6 Å². The first-order valence-corrected chi connectivity index (χ1v) is 5.51. The number of alkyl halides is 1. The van der Waals surface area contributed by atoms with Gasteiger partial charge in [-0.25, -0.2) is 4.39 Å². The number of fused-ring (bicyclic) bond motifs is 2. The van der Waals surface area contributed by atoms with E-state index in [-0.39, 0.29) is 5.78 Å². The van der Waals surface area contributed by atoms with Gasteiger partial charge in [0.05, 0.1) is 5.41 Å². The van der Waals surface area contributed by atoms with Gasteiger partial charge in [-0.05, 0) is 24.0 Å². The van der Waals surface area contributed by atoms with Crippen LogP contribution in [0.4, 0.5) is 4.39 Å².